The normalized spacial score (nSPS) is 16.5. The summed E-state index contributed by atoms with van der Waals surface area (Å²) in [5.41, 5.74) is 6.36. The van der Waals surface area contributed by atoms with E-state index in [1.807, 2.05) is 30.3 Å². The zero-order valence-corrected chi connectivity index (χ0v) is 12.8. The standard InChI is InChI=1S/C15H17N5O4/c16-6-12-17-14-19(7-11(13(21)22)8-20(14)18-12)15(23)24-9-10-4-2-1-3-5-10/h1-5,11H,6-9,16H2,(H,21,22). The summed E-state index contributed by atoms with van der Waals surface area (Å²) in [5, 5.41) is 13.4. The molecule has 1 aromatic heterocycles. The van der Waals surface area contributed by atoms with Crippen LogP contribution >= 0.6 is 0 Å². The fourth-order valence-electron chi connectivity index (χ4n) is 2.47. The first kappa shape index (κ1) is 15.9. The molecule has 1 aliphatic rings. The number of fused-ring (bicyclic) bond motifs is 1. The van der Waals surface area contributed by atoms with Crippen molar-refractivity contribution in [3.63, 3.8) is 0 Å². The SMILES string of the molecule is NCc1nc2n(n1)CC(C(=O)O)CN2C(=O)OCc1ccccc1. The zero-order valence-electron chi connectivity index (χ0n) is 12.8. The van der Waals surface area contributed by atoms with Crippen molar-refractivity contribution in [2.45, 2.75) is 19.7 Å². The van der Waals surface area contributed by atoms with Crippen molar-refractivity contribution < 1.29 is 19.4 Å². The summed E-state index contributed by atoms with van der Waals surface area (Å²) in [6, 6.07) is 9.21. The second kappa shape index (κ2) is 6.67. The average Bonchev–Trinajstić information content (AvgIpc) is 3.02. The van der Waals surface area contributed by atoms with Gasteiger partial charge in [0.15, 0.2) is 5.82 Å². The Morgan fingerprint density at radius 1 is 1.29 bits per heavy atom. The minimum absolute atomic E-state index is 0.0222. The number of amides is 1. The van der Waals surface area contributed by atoms with Gasteiger partial charge in [-0.15, -0.1) is 0 Å². The number of hydrogen-bond acceptors (Lipinski definition) is 6. The van der Waals surface area contributed by atoms with Crippen molar-refractivity contribution in [3.8, 4) is 0 Å². The van der Waals surface area contributed by atoms with Crippen LogP contribution in [0.15, 0.2) is 30.3 Å². The molecule has 3 N–H and O–H groups in total. The number of carboxylic acids is 1. The number of ether oxygens (including phenoxy) is 1. The van der Waals surface area contributed by atoms with Crippen LogP contribution in [0, 0.1) is 5.92 Å². The van der Waals surface area contributed by atoms with Crippen LogP contribution in [0.5, 0.6) is 0 Å². The number of nitrogens with two attached hydrogens (primary N) is 1. The van der Waals surface area contributed by atoms with E-state index in [1.54, 1.807) is 0 Å². The molecule has 0 fully saturated rings. The minimum atomic E-state index is -1.01. The van der Waals surface area contributed by atoms with Gasteiger partial charge in [0.25, 0.3) is 0 Å². The molecule has 1 aromatic carbocycles. The second-order valence-corrected chi connectivity index (χ2v) is 5.40. The summed E-state index contributed by atoms with van der Waals surface area (Å²) in [6.45, 7) is 0.308. The molecule has 1 unspecified atom stereocenters. The van der Waals surface area contributed by atoms with E-state index in [9.17, 15) is 14.7 Å². The molecule has 1 aliphatic heterocycles. The monoisotopic (exact) mass is 331 g/mol. The summed E-state index contributed by atoms with van der Waals surface area (Å²) in [7, 11) is 0. The van der Waals surface area contributed by atoms with Gasteiger partial charge in [0.05, 0.1) is 19.0 Å². The Bertz CT molecular complexity index is 746. The number of aliphatic carboxylic acids is 1. The topological polar surface area (TPSA) is 124 Å². The van der Waals surface area contributed by atoms with E-state index in [1.165, 1.54) is 9.58 Å². The van der Waals surface area contributed by atoms with Gasteiger partial charge in [0.1, 0.15) is 6.61 Å². The predicted octanol–water partition coefficient (Wildman–Crippen LogP) is 0.594. The molecule has 3 rings (SSSR count). The first-order valence-electron chi connectivity index (χ1n) is 7.43. The van der Waals surface area contributed by atoms with E-state index in [2.05, 4.69) is 10.1 Å². The van der Waals surface area contributed by atoms with Crippen LogP contribution in [0.1, 0.15) is 11.4 Å². The highest BCUT2D eigenvalue weighted by Crippen LogP contribution is 2.23. The highest BCUT2D eigenvalue weighted by molar-refractivity contribution is 5.87. The number of carboxylic acid groups (broad SMARTS) is 1. The Kier molecular flexibility index (Phi) is 4.43. The van der Waals surface area contributed by atoms with Gasteiger partial charge in [-0.3, -0.25) is 4.79 Å². The summed E-state index contributed by atoms with van der Waals surface area (Å²) in [4.78, 5) is 29.1. The Balaban J connectivity index is 1.78. The predicted molar refractivity (Wildman–Crippen MR) is 83.0 cm³/mol. The van der Waals surface area contributed by atoms with Gasteiger partial charge >= 0.3 is 12.1 Å². The first-order chi connectivity index (χ1) is 11.6. The summed E-state index contributed by atoms with van der Waals surface area (Å²) >= 11 is 0. The molecule has 2 aromatic rings. The maximum atomic E-state index is 12.4. The Labute approximate surface area is 137 Å². The molecular formula is C15H17N5O4. The van der Waals surface area contributed by atoms with Crippen molar-refractivity contribution in [3.05, 3.63) is 41.7 Å². The number of anilines is 1. The molecule has 0 spiro atoms. The van der Waals surface area contributed by atoms with Gasteiger partial charge in [-0.05, 0) is 5.56 Å². The van der Waals surface area contributed by atoms with E-state index in [0.29, 0.717) is 5.82 Å². The summed E-state index contributed by atoms with van der Waals surface area (Å²) in [6.07, 6.45) is -0.665. The van der Waals surface area contributed by atoms with Gasteiger partial charge in [0, 0.05) is 6.54 Å². The van der Waals surface area contributed by atoms with Crippen LogP contribution in [0.2, 0.25) is 0 Å². The van der Waals surface area contributed by atoms with Crippen molar-refractivity contribution in [2.75, 3.05) is 11.4 Å². The second-order valence-electron chi connectivity index (χ2n) is 5.40. The number of nitrogens with zero attached hydrogens (tertiary/aromatic N) is 4. The molecule has 0 aliphatic carbocycles. The molecule has 0 saturated heterocycles. The van der Waals surface area contributed by atoms with E-state index < -0.39 is 18.0 Å². The number of carbonyl (C=O) groups excluding carboxylic acids is 1. The van der Waals surface area contributed by atoms with Crippen molar-refractivity contribution in [1.82, 2.24) is 14.8 Å². The van der Waals surface area contributed by atoms with Crippen LogP contribution < -0.4 is 10.6 Å². The maximum absolute atomic E-state index is 12.4. The van der Waals surface area contributed by atoms with Crippen LogP contribution in [0.25, 0.3) is 0 Å². The van der Waals surface area contributed by atoms with Gasteiger partial charge in [-0.25, -0.2) is 14.4 Å². The minimum Gasteiger partial charge on any atom is -0.481 e. The van der Waals surface area contributed by atoms with Gasteiger partial charge in [-0.2, -0.15) is 10.1 Å². The Morgan fingerprint density at radius 2 is 2.04 bits per heavy atom. The summed E-state index contributed by atoms with van der Waals surface area (Å²) < 4.78 is 6.66. The smallest absolute Gasteiger partial charge is 0.417 e. The average molecular weight is 331 g/mol. The third-order valence-corrected chi connectivity index (χ3v) is 3.69. The lowest BCUT2D eigenvalue weighted by atomic mass is 10.1. The van der Waals surface area contributed by atoms with Crippen molar-refractivity contribution in [2.24, 2.45) is 11.7 Å². The number of rotatable bonds is 4. The van der Waals surface area contributed by atoms with Crippen LogP contribution in [-0.2, 0) is 29.2 Å². The molecule has 0 bridgehead atoms. The highest BCUT2D eigenvalue weighted by Gasteiger charge is 2.35. The molecular weight excluding hydrogens is 314 g/mol. The molecule has 0 radical (unpaired) electrons. The number of benzene rings is 1. The van der Waals surface area contributed by atoms with E-state index >= 15 is 0 Å². The third-order valence-electron chi connectivity index (χ3n) is 3.69. The van der Waals surface area contributed by atoms with Crippen molar-refractivity contribution >= 4 is 18.0 Å². The fraction of sp³-hybridized carbons (Fsp3) is 0.333. The Morgan fingerprint density at radius 3 is 2.71 bits per heavy atom. The molecule has 9 heteroatoms. The highest BCUT2D eigenvalue weighted by atomic mass is 16.6. The van der Waals surface area contributed by atoms with E-state index in [-0.39, 0.29) is 32.2 Å². The summed E-state index contributed by atoms with van der Waals surface area (Å²) in [5.74, 6) is -1.19. The molecule has 9 nitrogen and oxygen atoms in total. The lowest BCUT2D eigenvalue weighted by Gasteiger charge is -2.29. The number of hydrogen-bond donors (Lipinski definition) is 2. The van der Waals surface area contributed by atoms with Gasteiger partial charge in [0.2, 0.25) is 5.95 Å². The van der Waals surface area contributed by atoms with Crippen LogP contribution in [-0.4, -0.2) is 38.5 Å². The van der Waals surface area contributed by atoms with Crippen LogP contribution in [0.3, 0.4) is 0 Å². The lowest BCUT2D eigenvalue weighted by Crippen LogP contribution is -2.45. The maximum Gasteiger partial charge on any atom is 0.417 e. The zero-order chi connectivity index (χ0) is 17.1. The Hall–Kier alpha value is -2.94. The molecule has 2 heterocycles. The quantitative estimate of drug-likeness (QED) is 0.840. The number of aromatic nitrogens is 3. The molecule has 126 valence electrons. The largest absolute Gasteiger partial charge is 0.481 e. The first-order valence-corrected chi connectivity index (χ1v) is 7.43. The third kappa shape index (κ3) is 3.20. The van der Waals surface area contributed by atoms with E-state index in [0.717, 1.165) is 5.56 Å². The molecule has 0 saturated carbocycles. The van der Waals surface area contributed by atoms with Crippen molar-refractivity contribution in [1.29, 1.82) is 0 Å². The lowest BCUT2D eigenvalue weighted by molar-refractivity contribution is -0.142. The molecule has 1 atom stereocenters. The van der Waals surface area contributed by atoms with E-state index in [4.69, 9.17) is 10.5 Å². The fourth-order valence-corrected chi connectivity index (χ4v) is 2.47. The number of carbonyl (C=O) groups is 2. The van der Waals surface area contributed by atoms with Gasteiger partial charge < -0.3 is 15.6 Å². The van der Waals surface area contributed by atoms with Crippen LogP contribution in [0.4, 0.5) is 10.7 Å². The molecule has 24 heavy (non-hydrogen) atoms. The van der Waals surface area contributed by atoms with Gasteiger partial charge in [-0.1, -0.05) is 30.3 Å². The molecule has 1 amide bonds.